The van der Waals surface area contributed by atoms with Crippen molar-refractivity contribution in [2.45, 2.75) is 13.8 Å². The molecule has 0 aromatic carbocycles. The highest BCUT2D eigenvalue weighted by molar-refractivity contribution is 7.89. The molecule has 1 rings (SSSR count). The van der Waals surface area contributed by atoms with Crippen LogP contribution in [-0.4, -0.2) is 56.6 Å². The smallest absolute Gasteiger partial charge is 0.254 e. The summed E-state index contributed by atoms with van der Waals surface area (Å²) < 4.78 is 24.4. The minimum atomic E-state index is -3.32. The predicted octanol–water partition coefficient (Wildman–Crippen LogP) is 0.443. The van der Waals surface area contributed by atoms with Gasteiger partial charge in [-0.05, 0) is 19.9 Å². The number of amides is 1. The Kier molecular flexibility index (Phi) is 6.10. The number of pyridine rings is 1. The van der Waals surface area contributed by atoms with Crippen molar-refractivity contribution in [2.24, 2.45) is 0 Å². The summed E-state index contributed by atoms with van der Waals surface area (Å²) >= 11 is 0. The van der Waals surface area contributed by atoms with E-state index in [-0.39, 0.29) is 18.2 Å². The van der Waals surface area contributed by atoms with Gasteiger partial charge in [-0.15, -0.1) is 0 Å². The zero-order valence-corrected chi connectivity index (χ0v) is 13.6. The first kappa shape index (κ1) is 17.4. The maximum absolute atomic E-state index is 12.1. The number of nitrogens with zero attached hydrogens (tertiary/aromatic N) is 2. The molecule has 2 N–H and O–H groups in total. The van der Waals surface area contributed by atoms with Crippen LogP contribution in [-0.2, 0) is 10.0 Å². The van der Waals surface area contributed by atoms with Gasteiger partial charge in [0.2, 0.25) is 10.0 Å². The monoisotopic (exact) mass is 314 g/mol. The number of sulfonamides is 1. The van der Waals surface area contributed by atoms with Crippen molar-refractivity contribution in [3.8, 4) is 0 Å². The highest BCUT2D eigenvalue weighted by atomic mass is 32.2. The van der Waals surface area contributed by atoms with E-state index in [1.807, 2.05) is 13.8 Å². The highest BCUT2D eigenvalue weighted by Crippen LogP contribution is 2.15. The highest BCUT2D eigenvalue weighted by Gasteiger charge is 2.16. The molecule has 1 aromatic rings. The third-order valence-electron chi connectivity index (χ3n) is 2.85. The molecule has 8 heteroatoms. The van der Waals surface area contributed by atoms with Crippen molar-refractivity contribution < 1.29 is 13.2 Å². The molecule has 7 nitrogen and oxygen atoms in total. The van der Waals surface area contributed by atoms with E-state index in [1.165, 1.54) is 20.3 Å². The lowest BCUT2D eigenvalue weighted by atomic mass is 10.2. The van der Waals surface area contributed by atoms with Crippen molar-refractivity contribution in [2.75, 3.05) is 38.3 Å². The van der Waals surface area contributed by atoms with Gasteiger partial charge in [0.15, 0.2) is 0 Å². The number of nitrogens with one attached hydrogen (secondary N) is 2. The number of aromatic nitrogens is 1. The predicted molar refractivity (Wildman–Crippen MR) is 82.9 cm³/mol. The largest absolute Gasteiger partial charge is 0.385 e. The van der Waals surface area contributed by atoms with Crippen LogP contribution in [0.25, 0.3) is 0 Å². The Balaban J connectivity index is 2.72. The average Bonchev–Trinajstić information content (AvgIpc) is 2.38. The van der Waals surface area contributed by atoms with Crippen LogP contribution in [0.4, 0.5) is 5.69 Å². The van der Waals surface area contributed by atoms with Crippen molar-refractivity contribution in [3.05, 3.63) is 23.5 Å². The van der Waals surface area contributed by atoms with Crippen LogP contribution in [0.1, 0.15) is 23.0 Å². The molecule has 0 aliphatic rings. The van der Waals surface area contributed by atoms with Gasteiger partial charge < -0.3 is 10.6 Å². The number of hydrogen-bond acceptors (Lipinski definition) is 5. The normalized spacial score (nSPS) is 11.5. The van der Waals surface area contributed by atoms with E-state index in [4.69, 9.17) is 0 Å². The van der Waals surface area contributed by atoms with E-state index >= 15 is 0 Å². The molecular weight excluding hydrogens is 292 g/mol. The summed E-state index contributed by atoms with van der Waals surface area (Å²) in [6.45, 7) is 4.50. The molecule has 1 aromatic heterocycles. The Hall–Kier alpha value is -1.67. The molecule has 1 heterocycles. The van der Waals surface area contributed by atoms with Gasteiger partial charge in [0, 0.05) is 39.1 Å². The zero-order valence-electron chi connectivity index (χ0n) is 12.8. The van der Waals surface area contributed by atoms with Gasteiger partial charge in [0.05, 0.1) is 17.0 Å². The maximum Gasteiger partial charge on any atom is 0.254 e. The first-order chi connectivity index (χ1) is 9.77. The summed E-state index contributed by atoms with van der Waals surface area (Å²) in [5.74, 6) is -0.478. The van der Waals surface area contributed by atoms with Crippen molar-refractivity contribution in [1.82, 2.24) is 14.6 Å². The summed E-state index contributed by atoms with van der Waals surface area (Å²) in [5, 5.41) is 5.70. The molecule has 0 atom stereocenters. The zero-order chi connectivity index (χ0) is 16.0. The van der Waals surface area contributed by atoms with E-state index in [9.17, 15) is 13.2 Å². The van der Waals surface area contributed by atoms with Gasteiger partial charge in [-0.3, -0.25) is 9.78 Å². The second kappa shape index (κ2) is 7.37. The molecule has 0 spiro atoms. The second-order valence-electron chi connectivity index (χ2n) is 4.76. The standard InChI is InChI=1S/C13H22N4O3S/c1-5-14-12-8-10(2)16-9-11(12)13(18)15-6-7-21(19,20)17(3)4/h8-9H,5-7H2,1-4H3,(H,14,16)(H,15,18). The fourth-order valence-electron chi connectivity index (χ4n) is 1.65. The Morgan fingerprint density at radius 1 is 1.38 bits per heavy atom. The van der Waals surface area contributed by atoms with E-state index in [2.05, 4.69) is 15.6 Å². The number of aryl methyl sites for hydroxylation is 1. The van der Waals surface area contributed by atoms with Crippen molar-refractivity contribution in [3.63, 3.8) is 0 Å². The lowest BCUT2D eigenvalue weighted by Gasteiger charge is -2.13. The van der Waals surface area contributed by atoms with Gasteiger partial charge >= 0.3 is 0 Å². The van der Waals surface area contributed by atoms with Gasteiger partial charge in [0.25, 0.3) is 5.91 Å². The van der Waals surface area contributed by atoms with Crippen LogP contribution in [0.5, 0.6) is 0 Å². The topological polar surface area (TPSA) is 91.4 Å². The molecule has 0 radical (unpaired) electrons. The van der Waals surface area contributed by atoms with Crippen LogP contribution in [0.15, 0.2) is 12.3 Å². The third-order valence-corrected chi connectivity index (χ3v) is 4.69. The molecule has 118 valence electrons. The van der Waals surface area contributed by atoms with Crippen LogP contribution in [0.2, 0.25) is 0 Å². The summed E-state index contributed by atoms with van der Waals surface area (Å²) in [5.41, 5.74) is 1.90. The number of carbonyl (C=O) groups is 1. The summed E-state index contributed by atoms with van der Waals surface area (Å²) in [4.78, 5) is 16.2. The SMILES string of the molecule is CCNc1cc(C)ncc1C(=O)NCCS(=O)(=O)N(C)C. The summed E-state index contributed by atoms with van der Waals surface area (Å²) in [6, 6.07) is 1.79. The lowest BCUT2D eigenvalue weighted by Crippen LogP contribution is -2.34. The Morgan fingerprint density at radius 2 is 2.05 bits per heavy atom. The van der Waals surface area contributed by atoms with E-state index in [0.29, 0.717) is 17.8 Å². The third kappa shape index (κ3) is 4.98. The minimum Gasteiger partial charge on any atom is -0.385 e. The number of anilines is 1. The lowest BCUT2D eigenvalue weighted by molar-refractivity contribution is 0.0956. The Labute approximate surface area is 125 Å². The fraction of sp³-hybridized carbons (Fsp3) is 0.538. The number of hydrogen-bond donors (Lipinski definition) is 2. The average molecular weight is 314 g/mol. The quantitative estimate of drug-likeness (QED) is 0.762. The van der Waals surface area contributed by atoms with Gasteiger partial charge in [-0.25, -0.2) is 12.7 Å². The van der Waals surface area contributed by atoms with Gasteiger partial charge in [-0.1, -0.05) is 0 Å². The molecule has 21 heavy (non-hydrogen) atoms. The first-order valence-corrected chi connectivity index (χ1v) is 8.27. The van der Waals surface area contributed by atoms with Crippen LogP contribution >= 0.6 is 0 Å². The Morgan fingerprint density at radius 3 is 2.62 bits per heavy atom. The van der Waals surface area contributed by atoms with Crippen molar-refractivity contribution >= 4 is 21.6 Å². The van der Waals surface area contributed by atoms with Crippen LogP contribution in [0.3, 0.4) is 0 Å². The molecule has 0 bridgehead atoms. The molecule has 0 aliphatic carbocycles. The number of rotatable bonds is 7. The summed E-state index contributed by atoms with van der Waals surface area (Å²) in [7, 11) is -0.391. The number of carbonyl (C=O) groups excluding carboxylic acids is 1. The Bertz CT molecular complexity index is 599. The van der Waals surface area contributed by atoms with Crippen molar-refractivity contribution in [1.29, 1.82) is 0 Å². The molecule has 0 saturated heterocycles. The first-order valence-electron chi connectivity index (χ1n) is 6.67. The molecule has 0 fully saturated rings. The summed E-state index contributed by atoms with van der Waals surface area (Å²) in [6.07, 6.45) is 1.49. The van der Waals surface area contributed by atoms with Crippen LogP contribution < -0.4 is 10.6 Å². The van der Waals surface area contributed by atoms with Crippen LogP contribution in [0, 0.1) is 6.92 Å². The fourth-order valence-corrected chi connectivity index (χ4v) is 2.37. The molecule has 0 unspecified atom stereocenters. The molecular formula is C13H22N4O3S. The maximum atomic E-state index is 12.1. The van der Waals surface area contributed by atoms with E-state index < -0.39 is 10.0 Å². The molecule has 0 aliphatic heterocycles. The molecule has 0 saturated carbocycles. The van der Waals surface area contributed by atoms with E-state index in [1.54, 1.807) is 6.07 Å². The van der Waals surface area contributed by atoms with E-state index in [0.717, 1.165) is 10.00 Å². The minimum absolute atomic E-state index is 0.0544. The molecule has 1 amide bonds. The van der Waals surface area contributed by atoms with Gasteiger partial charge in [-0.2, -0.15) is 0 Å². The second-order valence-corrected chi connectivity index (χ2v) is 7.06. The van der Waals surface area contributed by atoms with Gasteiger partial charge in [0.1, 0.15) is 0 Å².